The van der Waals surface area contributed by atoms with Crippen LogP contribution in [0.5, 0.6) is 0 Å². The van der Waals surface area contributed by atoms with Gasteiger partial charge in [0.2, 0.25) is 0 Å². The van der Waals surface area contributed by atoms with E-state index in [1.165, 1.54) is 0 Å². The standard InChI is InChI=1S/C15H19N4O/c1-2-4-14-13(3-1)15(17-20-14)19-9-7-18(8-10-19)12-5-6-16-11-12/h1-4,6,12,16H,5,7-11H2/t12-/m0/s1. The molecule has 2 saturated heterocycles. The van der Waals surface area contributed by atoms with Crippen LogP contribution >= 0.6 is 0 Å². The molecule has 2 aromatic rings. The highest BCUT2D eigenvalue weighted by molar-refractivity contribution is 5.88. The summed E-state index contributed by atoms with van der Waals surface area (Å²) in [5.41, 5.74) is 0.875. The molecule has 1 atom stereocenters. The summed E-state index contributed by atoms with van der Waals surface area (Å²) in [5, 5.41) is 8.70. The van der Waals surface area contributed by atoms with Crippen LogP contribution < -0.4 is 10.2 Å². The van der Waals surface area contributed by atoms with E-state index >= 15 is 0 Å². The number of benzene rings is 1. The van der Waals surface area contributed by atoms with Crippen molar-refractivity contribution >= 4 is 16.8 Å². The van der Waals surface area contributed by atoms with Gasteiger partial charge in [0.1, 0.15) is 0 Å². The summed E-state index contributed by atoms with van der Waals surface area (Å²) in [5.74, 6) is 0.997. The van der Waals surface area contributed by atoms with Gasteiger partial charge in [0.15, 0.2) is 11.4 Å². The van der Waals surface area contributed by atoms with Crippen LogP contribution in [0.15, 0.2) is 28.8 Å². The smallest absolute Gasteiger partial charge is 0.180 e. The molecule has 5 heteroatoms. The Balaban J connectivity index is 1.48. The van der Waals surface area contributed by atoms with E-state index < -0.39 is 0 Å². The maximum atomic E-state index is 5.41. The first-order valence-electron chi connectivity index (χ1n) is 7.30. The molecule has 2 aliphatic rings. The minimum absolute atomic E-state index is 0.672. The summed E-state index contributed by atoms with van der Waals surface area (Å²) in [6.07, 6.45) is 1.16. The van der Waals surface area contributed by atoms with Gasteiger partial charge in [-0.2, -0.15) is 0 Å². The fourth-order valence-corrected chi connectivity index (χ4v) is 3.20. The quantitative estimate of drug-likeness (QED) is 0.896. The van der Waals surface area contributed by atoms with E-state index in [1.54, 1.807) is 0 Å². The van der Waals surface area contributed by atoms with E-state index in [4.69, 9.17) is 4.52 Å². The maximum Gasteiger partial charge on any atom is 0.180 e. The molecule has 0 aliphatic carbocycles. The number of para-hydroxylation sites is 1. The van der Waals surface area contributed by atoms with Crippen LogP contribution in [0.25, 0.3) is 11.0 Å². The van der Waals surface area contributed by atoms with Crippen molar-refractivity contribution in [1.82, 2.24) is 15.4 Å². The average Bonchev–Trinajstić information content (AvgIpc) is 3.17. The molecule has 0 saturated carbocycles. The highest BCUT2D eigenvalue weighted by atomic mass is 16.5. The lowest BCUT2D eigenvalue weighted by molar-refractivity contribution is 0.197. The molecule has 2 aliphatic heterocycles. The molecule has 0 bridgehead atoms. The van der Waals surface area contributed by atoms with Crippen LogP contribution in [0.1, 0.15) is 6.42 Å². The molecule has 1 radical (unpaired) electrons. The molecule has 0 amide bonds. The molecule has 3 heterocycles. The first kappa shape index (κ1) is 12.2. The zero-order valence-corrected chi connectivity index (χ0v) is 11.5. The Morgan fingerprint density at radius 2 is 2.00 bits per heavy atom. The molecule has 2 fully saturated rings. The fourth-order valence-electron chi connectivity index (χ4n) is 3.20. The van der Waals surface area contributed by atoms with Crippen LogP contribution in [0, 0.1) is 6.54 Å². The minimum atomic E-state index is 0.672. The van der Waals surface area contributed by atoms with Crippen LogP contribution in [-0.2, 0) is 0 Å². The second-order valence-electron chi connectivity index (χ2n) is 5.53. The van der Waals surface area contributed by atoms with Gasteiger partial charge in [-0.3, -0.25) is 4.90 Å². The maximum absolute atomic E-state index is 5.41. The van der Waals surface area contributed by atoms with Crippen molar-refractivity contribution in [2.24, 2.45) is 0 Å². The van der Waals surface area contributed by atoms with E-state index in [0.29, 0.717) is 6.04 Å². The van der Waals surface area contributed by atoms with E-state index in [9.17, 15) is 0 Å². The van der Waals surface area contributed by atoms with Gasteiger partial charge in [-0.15, -0.1) is 0 Å². The Morgan fingerprint density at radius 3 is 2.80 bits per heavy atom. The lowest BCUT2D eigenvalue weighted by Crippen LogP contribution is -2.51. The Bertz CT molecular complexity index is 582. The lowest BCUT2D eigenvalue weighted by Gasteiger charge is -2.37. The van der Waals surface area contributed by atoms with Crippen LogP contribution in [0.3, 0.4) is 0 Å². The van der Waals surface area contributed by atoms with Crippen molar-refractivity contribution in [1.29, 1.82) is 0 Å². The topological polar surface area (TPSA) is 44.5 Å². The third-order valence-electron chi connectivity index (χ3n) is 4.38. The zero-order chi connectivity index (χ0) is 13.4. The number of hydrogen-bond donors (Lipinski definition) is 1. The van der Waals surface area contributed by atoms with Crippen LogP contribution in [0.4, 0.5) is 5.82 Å². The largest absolute Gasteiger partial charge is 0.354 e. The lowest BCUT2D eigenvalue weighted by atomic mass is 10.2. The molecule has 5 nitrogen and oxygen atoms in total. The molecular formula is C15H19N4O. The average molecular weight is 271 g/mol. The zero-order valence-electron chi connectivity index (χ0n) is 11.5. The molecule has 0 unspecified atom stereocenters. The summed E-state index contributed by atoms with van der Waals surface area (Å²) in [6.45, 7) is 7.51. The van der Waals surface area contributed by atoms with Crippen molar-refractivity contribution in [3.63, 3.8) is 0 Å². The van der Waals surface area contributed by atoms with E-state index in [0.717, 1.165) is 55.9 Å². The van der Waals surface area contributed by atoms with Crippen LogP contribution in [0.2, 0.25) is 0 Å². The van der Waals surface area contributed by atoms with Crippen molar-refractivity contribution in [3.05, 3.63) is 30.8 Å². The normalized spacial score (nSPS) is 24.6. The summed E-state index contributed by atoms with van der Waals surface area (Å²) < 4.78 is 5.41. The van der Waals surface area contributed by atoms with E-state index in [1.807, 2.05) is 18.2 Å². The Kier molecular flexibility index (Phi) is 3.09. The molecule has 20 heavy (non-hydrogen) atoms. The van der Waals surface area contributed by atoms with Gasteiger partial charge in [-0.25, -0.2) is 0 Å². The van der Waals surface area contributed by atoms with Gasteiger partial charge in [0.05, 0.1) is 5.39 Å². The fraction of sp³-hybridized carbons (Fsp3) is 0.467. The van der Waals surface area contributed by atoms with Crippen molar-refractivity contribution < 1.29 is 4.52 Å². The van der Waals surface area contributed by atoms with Gasteiger partial charge in [0, 0.05) is 45.3 Å². The van der Waals surface area contributed by atoms with Crippen LogP contribution in [-0.4, -0.2) is 48.8 Å². The minimum Gasteiger partial charge on any atom is -0.354 e. The number of anilines is 1. The molecule has 1 aromatic carbocycles. The number of fused-ring (bicyclic) bond motifs is 1. The number of nitrogens with one attached hydrogen (secondary N) is 1. The summed E-state index contributed by atoms with van der Waals surface area (Å²) in [4.78, 5) is 4.92. The predicted molar refractivity (Wildman–Crippen MR) is 78.5 cm³/mol. The number of rotatable bonds is 2. The molecule has 1 aromatic heterocycles. The number of nitrogens with zero attached hydrogens (tertiary/aromatic N) is 3. The van der Waals surface area contributed by atoms with Gasteiger partial charge in [-0.05, 0) is 18.6 Å². The van der Waals surface area contributed by atoms with Gasteiger partial charge in [-0.1, -0.05) is 17.3 Å². The first-order chi connectivity index (χ1) is 9.92. The Labute approximate surface area is 118 Å². The van der Waals surface area contributed by atoms with Gasteiger partial charge >= 0.3 is 0 Å². The molecule has 4 rings (SSSR count). The van der Waals surface area contributed by atoms with Gasteiger partial charge in [0.25, 0.3) is 0 Å². The van der Waals surface area contributed by atoms with E-state index in [-0.39, 0.29) is 0 Å². The summed E-state index contributed by atoms with van der Waals surface area (Å²) in [7, 11) is 0. The highest BCUT2D eigenvalue weighted by Gasteiger charge is 2.27. The highest BCUT2D eigenvalue weighted by Crippen LogP contribution is 2.27. The Morgan fingerprint density at radius 1 is 1.15 bits per heavy atom. The molecule has 0 spiro atoms. The second kappa shape index (κ2) is 5.07. The SMILES string of the molecule is [CH]1C[C@H](N2CCN(c3noc4ccccc34)CC2)CN1. The molecule has 105 valence electrons. The molecule has 1 N–H and O–H groups in total. The van der Waals surface area contributed by atoms with Crippen molar-refractivity contribution in [3.8, 4) is 0 Å². The summed E-state index contributed by atoms with van der Waals surface area (Å²) in [6, 6.07) is 8.76. The Hall–Kier alpha value is -1.59. The second-order valence-corrected chi connectivity index (χ2v) is 5.53. The molecular weight excluding hydrogens is 252 g/mol. The predicted octanol–water partition coefficient (Wildman–Crippen LogP) is 1.47. The third-order valence-corrected chi connectivity index (χ3v) is 4.38. The number of piperazine rings is 1. The number of aromatic nitrogens is 1. The van der Waals surface area contributed by atoms with Gasteiger partial charge < -0.3 is 14.7 Å². The van der Waals surface area contributed by atoms with Crippen molar-refractivity contribution in [2.75, 3.05) is 37.6 Å². The first-order valence-corrected chi connectivity index (χ1v) is 7.30. The van der Waals surface area contributed by atoms with Crippen molar-refractivity contribution in [2.45, 2.75) is 12.5 Å². The summed E-state index contributed by atoms with van der Waals surface area (Å²) >= 11 is 0. The third kappa shape index (κ3) is 2.07. The number of hydrogen-bond acceptors (Lipinski definition) is 5. The monoisotopic (exact) mass is 271 g/mol. The van der Waals surface area contributed by atoms with E-state index in [2.05, 4.69) is 32.9 Å².